The molecule has 4 aromatic rings. The number of aromatic amines is 1. The van der Waals surface area contributed by atoms with Crippen LogP contribution >= 0.6 is 0 Å². The van der Waals surface area contributed by atoms with E-state index in [2.05, 4.69) is 32.1 Å². The molecule has 6 rings (SSSR count). The lowest BCUT2D eigenvalue weighted by atomic mass is 9.92. The number of benzene rings is 3. The molecule has 232 valence electrons. The molecule has 2 aliphatic heterocycles. The van der Waals surface area contributed by atoms with Crippen molar-refractivity contribution in [3.05, 3.63) is 106 Å². The number of nitrogens with zero attached hydrogens (tertiary/aromatic N) is 3. The normalized spacial score (nSPS) is 18.8. The van der Waals surface area contributed by atoms with Gasteiger partial charge in [0, 0.05) is 29.0 Å². The van der Waals surface area contributed by atoms with Gasteiger partial charge in [0.25, 0.3) is 5.91 Å². The van der Waals surface area contributed by atoms with Crippen LogP contribution in [0.15, 0.2) is 72.3 Å². The summed E-state index contributed by atoms with van der Waals surface area (Å²) in [5.41, 5.74) is 3.46. The van der Waals surface area contributed by atoms with Crippen LogP contribution in [0.2, 0.25) is 0 Å². The molecular weight excluding hydrogens is 588 g/mol. The molecule has 3 heterocycles. The number of H-pyrrole nitrogens is 1. The molecule has 3 aromatic carbocycles. The lowest BCUT2D eigenvalue weighted by molar-refractivity contribution is -0.233. The van der Waals surface area contributed by atoms with E-state index in [9.17, 15) is 22.8 Å². The lowest BCUT2D eigenvalue weighted by Crippen LogP contribution is -2.35. The van der Waals surface area contributed by atoms with Crippen molar-refractivity contribution in [2.45, 2.75) is 37.9 Å². The van der Waals surface area contributed by atoms with Gasteiger partial charge in [-0.1, -0.05) is 73.2 Å². The van der Waals surface area contributed by atoms with Crippen molar-refractivity contribution < 1.29 is 32.0 Å². The van der Waals surface area contributed by atoms with Gasteiger partial charge in [-0.05, 0) is 60.8 Å². The second kappa shape index (κ2) is 12.7. The number of rotatable bonds is 7. The molecule has 1 N–H and O–H groups in total. The smallest absolute Gasteiger partial charge is 0.329 e. The highest BCUT2D eigenvalue weighted by molar-refractivity contribution is 6.02. The zero-order chi connectivity index (χ0) is 31.6. The first kappa shape index (κ1) is 30.3. The largest absolute Gasteiger partial charge is 0.493 e. The number of likely N-dealkylation sites (tertiary alicyclic amines) is 1. The maximum atomic E-state index is 15.8. The molecule has 0 aliphatic carbocycles. The SMILES string of the molecule is O=C1/C(=C/c2ccc3c(/C=C/c4ccc(CN5CCCCC5)cc4)n[nH]c3c2F)C(c2ccccc2)CN1OC(=O)C(F)(F)F. The van der Waals surface area contributed by atoms with E-state index in [0.29, 0.717) is 21.7 Å². The molecule has 1 unspecified atom stereocenters. The van der Waals surface area contributed by atoms with E-state index in [4.69, 9.17) is 0 Å². The summed E-state index contributed by atoms with van der Waals surface area (Å²) in [4.78, 5) is 31.4. The fourth-order valence-corrected chi connectivity index (χ4v) is 5.79. The zero-order valence-electron chi connectivity index (χ0n) is 24.2. The number of halogens is 4. The predicted octanol–water partition coefficient (Wildman–Crippen LogP) is 6.89. The minimum Gasteiger partial charge on any atom is -0.329 e. The molecule has 7 nitrogen and oxygen atoms in total. The summed E-state index contributed by atoms with van der Waals surface area (Å²) >= 11 is 0. The van der Waals surface area contributed by atoms with Crippen LogP contribution in [0.3, 0.4) is 0 Å². The minimum atomic E-state index is -5.28. The van der Waals surface area contributed by atoms with Crippen molar-refractivity contribution in [1.29, 1.82) is 0 Å². The van der Waals surface area contributed by atoms with Crippen molar-refractivity contribution in [2.75, 3.05) is 19.6 Å². The van der Waals surface area contributed by atoms with Gasteiger partial charge in [-0.15, -0.1) is 0 Å². The van der Waals surface area contributed by atoms with Crippen LogP contribution in [0.4, 0.5) is 17.6 Å². The van der Waals surface area contributed by atoms with E-state index in [1.807, 2.05) is 18.2 Å². The Bertz CT molecular complexity index is 1760. The molecule has 2 fully saturated rings. The Hall–Kier alpha value is -4.77. The molecule has 2 saturated heterocycles. The monoisotopic (exact) mass is 618 g/mol. The van der Waals surface area contributed by atoms with Crippen molar-refractivity contribution >= 4 is 41.0 Å². The first-order chi connectivity index (χ1) is 21.7. The highest BCUT2D eigenvalue weighted by Gasteiger charge is 2.46. The van der Waals surface area contributed by atoms with E-state index in [-0.39, 0.29) is 23.2 Å². The van der Waals surface area contributed by atoms with Gasteiger partial charge in [0.15, 0.2) is 5.82 Å². The molecule has 2 aliphatic rings. The van der Waals surface area contributed by atoms with Crippen molar-refractivity contribution in [2.24, 2.45) is 0 Å². The minimum absolute atomic E-state index is 0.0159. The fraction of sp³-hybridized carbons (Fsp3) is 0.265. The van der Waals surface area contributed by atoms with Crippen LogP contribution < -0.4 is 0 Å². The number of aromatic nitrogens is 2. The first-order valence-electron chi connectivity index (χ1n) is 14.7. The Morgan fingerprint density at radius 3 is 2.42 bits per heavy atom. The predicted molar refractivity (Wildman–Crippen MR) is 162 cm³/mol. The third-order valence-corrected chi connectivity index (χ3v) is 8.14. The number of hydroxylamine groups is 2. The highest BCUT2D eigenvalue weighted by atomic mass is 19.4. The molecule has 0 radical (unpaired) electrons. The summed E-state index contributed by atoms with van der Waals surface area (Å²) in [5.74, 6) is -4.92. The second-order valence-corrected chi connectivity index (χ2v) is 11.2. The molecular formula is C34H30F4N4O3. The Morgan fingerprint density at radius 2 is 1.71 bits per heavy atom. The Balaban J connectivity index is 1.23. The third-order valence-electron chi connectivity index (χ3n) is 8.14. The number of alkyl halides is 3. The molecule has 0 spiro atoms. The summed E-state index contributed by atoms with van der Waals surface area (Å²) < 4.78 is 54.3. The average Bonchev–Trinajstić information content (AvgIpc) is 3.59. The van der Waals surface area contributed by atoms with Crippen LogP contribution in [-0.4, -0.2) is 57.8 Å². The van der Waals surface area contributed by atoms with Crippen LogP contribution in [0.25, 0.3) is 29.1 Å². The van der Waals surface area contributed by atoms with Gasteiger partial charge >= 0.3 is 12.1 Å². The van der Waals surface area contributed by atoms with Crippen molar-refractivity contribution in [3.8, 4) is 0 Å². The first-order valence-corrected chi connectivity index (χ1v) is 14.7. The van der Waals surface area contributed by atoms with Crippen LogP contribution in [-0.2, 0) is 21.0 Å². The van der Waals surface area contributed by atoms with Gasteiger partial charge < -0.3 is 4.84 Å². The molecule has 11 heteroatoms. The van der Waals surface area contributed by atoms with Crippen molar-refractivity contribution in [1.82, 2.24) is 20.2 Å². The number of amides is 1. The Labute approximate surface area is 256 Å². The zero-order valence-corrected chi connectivity index (χ0v) is 24.2. The summed E-state index contributed by atoms with van der Waals surface area (Å²) in [6.45, 7) is 2.84. The summed E-state index contributed by atoms with van der Waals surface area (Å²) in [6, 6.07) is 20.0. The highest BCUT2D eigenvalue weighted by Crippen LogP contribution is 2.36. The molecule has 0 bridgehead atoms. The summed E-state index contributed by atoms with van der Waals surface area (Å²) in [5, 5.41) is 7.87. The van der Waals surface area contributed by atoms with E-state index >= 15 is 4.39 Å². The number of carbonyl (C=O) groups is 2. The molecule has 45 heavy (non-hydrogen) atoms. The van der Waals surface area contributed by atoms with Crippen LogP contribution in [0.1, 0.15) is 53.1 Å². The number of carbonyl (C=O) groups excluding carboxylic acids is 2. The Morgan fingerprint density at radius 1 is 0.978 bits per heavy atom. The summed E-state index contributed by atoms with van der Waals surface area (Å²) in [6.07, 6.45) is 3.45. The maximum Gasteiger partial charge on any atom is 0.493 e. The van der Waals surface area contributed by atoms with E-state index < -0.39 is 29.8 Å². The summed E-state index contributed by atoms with van der Waals surface area (Å²) in [7, 11) is 0. The van der Waals surface area contributed by atoms with Gasteiger partial charge in [-0.25, -0.2) is 9.18 Å². The molecule has 1 atom stereocenters. The topological polar surface area (TPSA) is 78.5 Å². The number of piperidine rings is 1. The van der Waals surface area contributed by atoms with Gasteiger partial charge in [0.1, 0.15) is 5.52 Å². The number of hydrogen-bond donors (Lipinski definition) is 1. The van der Waals surface area contributed by atoms with E-state index in [0.717, 1.165) is 25.2 Å². The maximum absolute atomic E-state index is 15.8. The van der Waals surface area contributed by atoms with Gasteiger partial charge in [-0.2, -0.15) is 23.3 Å². The van der Waals surface area contributed by atoms with E-state index in [1.54, 1.807) is 42.5 Å². The molecule has 1 amide bonds. The van der Waals surface area contributed by atoms with E-state index in [1.165, 1.54) is 37.0 Å². The molecule has 0 saturated carbocycles. The fourth-order valence-electron chi connectivity index (χ4n) is 5.79. The third kappa shape index (κ3) is 6.68. The average molecular weight is 619 g/mol. The van der Waals surface area contributed by atoms with Gasteiger partial charge in [0.05, 0.1) is 12.2 Å². The second-order valence-electron chi connectivity index (χ2n) is 11.2. The Kier molecular flexibility index (Phi) is 8.53. The lowest BCUT2D eigenvalue weighted by Gasteiger charge is -2.26. The van der Waals surface area contributed by atoms with Crippen LogP contribution in [0.5, 0.6) is 0 Å². The van der Waals surface area contributed by atoms with Crippen LogP contribution in [0, 0.1) is 5.82 Å². The van der Waals surface area contributed by atoms with Crippen molar-refractivity contribution in [3.63, 3.8) is 0 Å². The van der Waals surface area contributed by atoms with Gasteiger partial charge in [-0.3, -0.25) is 14.8 Å². The molecule has 1 aromatic heterocycles. The quantitative estimate of drug-likeness (QED) is 0.180. The van der Waals surface area contributed by atoms with Gasteiger partial charge in [0.2, 0.25) is 0 Å². The number of fused-ring (bicyclic) bond motifs is 1. The number of hydrogen-bond acceptors (Lipinski definition) is 5. The standard InChI is InChI=1S/C34H30F4N4O3/c35-30-25(19-27-28(24-7-3-1-4-8-24)21-42(32(27)43)45-33(44)34(36,37)38)14-15-26-29(39-40-31(26)30)16-13-22-9-11-23(12-10-22)20-41-17-5-2-6-18-41/h1,3-4,7-16,19,28H,2,5-6,17-18,20-21H2,(H,39,40)/b16-13+,27-19+. The number of nitrogens with one attached hydrogen (secondary N) is 1.